The molecule has 4 heteroatoms. The normalized spacial score (nSPS) is 12.7. The highest BCUT2D eigenvalue weighted by Crippen LogP contribution is 2.27. The molecule has 0 fully saturated rings. The van der Waals surface area contributed by atoms with Crippen LogP contribution in [0, 0.1) is 19.7 Å². The fourth-order valence-electron chi connectivity index (χ4n) is 2.05. The van der Waals surface area contributed by atoms with Crippen LogP contribution in [0.5, 0.6) is 0 Å². The van der Waals surface area contributed by atoms with Crippen LogP contribution in [0.2, 0.25) is 0 Å². The Hall–Kier alpha value is -1.26. The second kappa shape index (κ2) is 5.59. The molecule has 1 heterocycles. The van der Waals surface area contributed by atoms with E-state index in [1.54, 1.807) is 11.3 Å². The Morgan fingerprint density at radius 2 is 1.94 bits per heavy atom. The van der Waals surface area contributed by atoms with Crippen LogP contribution in [0.4, 0.5) is 4.39 Å². The van der Waals surface area contributed by atoms with Gasteiger partial charge < -0.3 is 5.32 Å². The number of nitrogens with zero attached hydrogens (tertiary/aromatic N) is 1. The van der Waals surface area contributed by atoms with E-state index in [9.17, 15) is 4.39 Å². The number of thiazole rings is 1. The standard InChI is InChI=1S/C14H17FN2S/c1-9-14(18-10(2)17-9)13(16-3)8-11-4-6-12(15)7-5-11/h4-7,13,16H,8H2,1-3H3. The lowest BCUT2D eigenvalue weighted by Crippen LogP contribution is -2.18. The predicted molar refractivity (Wildman–Crippen MR) is 73.5 cm³/mol. The number of aromatic nitrogens is 1. The highest BCUT2D eigenvalue weighted by atomic mass is 32.1. The van der Waals surface area contributed by atoms with Crippen molar-refractivity contribution in [3.05, 3.63) is 51.2 Å². The lowest BCUT2D eigenvalue weighted by Gasteiger charge is -2.15. The Kier molecular flexibility index (Phi) is 4.09. The molecule has 2 rings (SSSR count). The maximum Gasteiger partial charge on any atom is 0.123 e. The molecule has 2 nitrogen and oxygen atoms in total. The summed E-state index contributed by atoms with van der Waals surface area (Å²) in [4.78, 5) is 5.72. The molecule has 0 saturated heterocycles. The zero-order valence-corrected chi connectivity index (χ0v) is 11.6. The number of likely N-dealkylation sites (N-methyl/N-ethyl adjacent to an activating group) is 1. The van der Waals surface area contributed by atoms with Crippen molar-refractivity contribution < 1.29 is 4.39 Å². The number of nitrogens with one attached hydrogen (secondary N) is 1. The van der Waals surface area contributed by atoms with Crippen LogP contribution in [0.3, 0.4) is 0 Å². The Morgan fingerprint density at radius 3 is 2.44 bits per heavy atom. The molecule has 1 aromatic carbocycles. The minimum Gasteiger partial charge on any atom is -0.312 e. The van der Waals surface area contributed by atoms with Crippen molar-refractivity contribution in [3.63, 3.8) is 0 Å². The molecule has 0 aliphatic heterocycles. The predicted octanol–water partition coefficient (Wildman–Crippen LogP) is 3.40. The summed E-state index contributed by atoms with van der Waals surface area (Å²) in [5.74, 6) is -0.190. The van der Waals surface area contributed by atoms with E-state index in [0.717, 1.165) is 22.7 Å². The van der Waals surface area contributed by atoms with Gasteiger partial charge in [0.05, 0.1) is 10.7 Å². The van der Waals surface area contributed by atoms with Gasteiger partial charge in [-0.15, -0.1) is 11.3 Å². The molecule has 0 aliphatic carbocycles. The van der Waals surface area contributed by atoms with Crippen molar-refractivity contribution in [2.45, 2.75) is 26.3 Å². The third-order valence-electron chi connectivity index (χ3n) is 2.96. The molecule has 1 N–H and O–H groups in total. The fraction of sp³-hybridized carbons (Fsp3) is 0.357. The van der Waals surface area contributed by atoms with Gasteiger partial charge in [-0.2, -0.15) is 0 Å². The van der Waals surface area contributed by atoms with Crippen molar-refractivity contribution in [2.24, 2.45) is 0 Å². The number of benzene rings is 1. The summed E-state index contributed by atoms with van der Waals surface area (Å²) in [5.41, 5.74) is 2.21. The van der Waals surface area contributed by atoms with Gasteiger partial charge in [-0.05, 0) is 45.0 Å². The molecule has 2 aromatic rings. The van der Waals surface area contributed by atoms with Crippen molar-refractivity contribution >= 4 is 11.3 Å². The molecule has 1 atom stereocenters. The highest BCUT2D eigenvalue weighted by Gasteiger charge is 2.16. The molecule has 1 aromatic heterocycles. The molecule has 1 unspecified atom stereocenters. The van der Waals surface area contributed by atoms with Crippen molar-refractivity contribution in [2.75, 3.05) is 7.05 Å². The van der Waals surface area contributed by atoms with Gasteiger partial charge in [0.2, 0.25) is 0 Å². The minimum absolute atomic E-state index is 0.190. The number of hydrogen-bond acceptors (Lipinski definition) is 3. The van der Waals surface area contributed by atoms with Crippen LogP contribution in [0.15, 0.2) is 24.3 Å². The molecular formula is C14H17FN2S. The van der Waals surface area contributed by atoms with Gasteiger partial charge in [-0.25, -0.2) is 9.37 Å². The van der Waals surface area contributed by atoms with Gasteiger partial charge in [0.1, 0.15) is 5.82 Å². The highest BCUT2D eigenvalue weighted by molar-refractivity contribution is 7.11. The Balaban J connectivity index is 2.19. The van der Waals surface area contributed by atoms with Gasteiger partial charge in [0, 0.05) is 10.9 Å². The van der Waals surface area contributed by atoms with E-state index in [-0.39, 0.29) is 11.9 Å². The molecule has 0 amide bonds. The van der Waals surface area contributed by atoms with Gasteiger partial charge in [0.25, 0.3) is 0 Å². The summed E-state index contributed by atoms with van der Waals surface area (Å²) in [6, 6.07) is 6.92. The SMILES string of the molecule is CNC(Cc1ccc(F)cc1)c1sc(C)nc1C. The lowest BCUT2D eigenvalue weighted by atomic mass is 10.0. The first-order valence-electron chi connectivity index (χ1n) is 5.95. The van der Waals surface area contributed by atoms with E-state index in [1.165, 1.54) is 17.0 Å². The molecule has 96 valence electrons. The molecule has 0 bridgehead atoms. The molecule has 18 heavy (non-hydrogen) atoms. The van der Waals surface area contributed by atoms with E-state index in [2.05, 4.69) is 10.3 Å². The smallest absolute Gasteiger partial charge is 0.123 e. The average Bonchev–Trinajstić information content (AvgIpc) is 2.68. The summed E-state index contributed by atoms with van der Waals surface area (Å²) in [6.45, 7) is 4.06. The van der Waals surface area contributed by atoms with E-state index < -0.39 is 0 Å². The second-order valence-corrected chi connectivity index (χ2v) is 5.59. The van der Waals surface area contributed by atoms with E-state index in [1.807, 2.05) is 33.0 Å². The summed E-state index contributed by atoms with van der Waals surface area (Å²) >= 11 is 1.72. The number of aryl methyl sites for hydroxylation is 2. The van der Waals surface area contributed by atoms with Crippen LogP contribution in [-0.4, -0.2) is 12.0 Å². The van der Waals surface area contributed by atoms with Gasteiger partial charge in [0.15, 0.2) is 0 Å². The van der Waals surface area contributed by atoms with Crippen molar-refractivity contribution in [1.82, 2.24) is 10.3 Å². The first-order valence-corrected chi connectivity index (χ1v) is 6.77. The fourth-order valence-corrected chi connectivity index (χ4v) is 3.09. The van der Waals surface area contributed by atoms with Crippen LogP contribution in [0.25, 0.3) is 0 Å². The Morgan fingerprint density at radius 1 is 1.28 bits per heavy atom. The van der Waals surface area contributed by atoms with Crippen molar-refractivity contribution in [1.29, 1.82) is 0 Å². The van der Waals surface area contributed by atoms with Crippen molar-refractivity contribution in [3.8, 4) is 0 Å². The summed E-state index contributed by atoms with van der Waals surface area (Å²) in [5, 5.41) is 4.40. The quantitative estimate of drug-likeness (QED) is 0.915. The summed E-state index contributed by atoms with van der Waals surface area (Å²) < 4.78 is 12.9. The lowest BCUT2D eigenvalue weighted by molar-refractivity contribution is 0.594. The molecule has 0 spiro atoms. The Bertz CT molecular complexity index is 519. The second-order valence-electron chi connectivity index (χ2n) is 4.35. The molecular weight excluding hydrogens is 247 g/mol. The molecule has 0 saturated carbocycles. The number of rotatable bonds is 4. The first kappa shape index (κ1) is 13.2. The van der Waals surface area contributed by atoms with E-state index in [4.69, 9.17) is 0 Å². The average molecular weight is 264 g/mol. The molecule has 0 radical (unpaired) electrons. The maximum atomic E-state index is 12.9. The zero-order chi connectivity index (χ0) is 13.1. The van der Waals surface area contributed by atoms with Gasteiger partial charge in [-0.1, -0.05) is 12.1 Å². The van der Waals surface area contributed by atoms with Crippen LogP contribution >= 0.6 is 11.3 Å². The minimum atomic E-state index is -0.190. The first-order chi connectivity index (χ1) is 8.60. The van der Waals surface area contributed by atoms with Crippen LogP contribution in [0.1, 0.15) is 27.2 Å². The maximum absolute atomic E-state index is 12.9. The monoisotopic (exact) mass is 264 g/mol. The Labute approximate surface area is 111 Å². The topological polar surface area (TPSA) is 24.9 Å². The number of hydrogen-bond donors (Lipinski definition) is 1. The third kappa shape index (κ3) is 2.94. The summed E-state index contributed by atoms with van der Waals surface area (Å²) in [6.07, 6.45) is 0.846. The largest absolute Gasteiger partial charge is 0.312 e. The van der Waals surface area contributed by atoms with Gasteiger partial charge >= 0.3 is 0 Å². The third-order valence-corrected chi connectivity index (χ3v) is 4.14. The zero-order valence-electron chi connectivity index (χ0n) is 10.8. The van der Waals surface area contributed by atoms with Crippen LogP contribution < -0.4 is 5.32 Å². The van der Waals surface area contributed by atoms with Crippen LogP contribution in [-0.2, 0) is 6.42 Å². The van der Waals surface area contributed by atoms with E-state index in [0.29, 0.717) is 0 Å². The van der Waals surface area contributed by atoms with Gasteiger partial charge in [-0.3, -0.25) is 0 Å². The number of halogens is 1. The molecule has 0 aliphatic rings. The summed E-state index contributed by atoms with van der Waals surface area (Å²) in [7, 11) is 1.95. The van der Waals surface area contributed by atoms with E-state index >= 15 is 0 Å².